The first-order valence-electron chi connectivity index (χ1n) is 9.28. The van der Waals surface area contributed by atoms with E-state index in [2.05, 4.69) is 10.2 Å². The molecule has 0 bridgehead atoms. The monoisotopic (exact) mass is 406 g/mol. The first-order valence-corrected chi connectivity index (χ1v) is 9.66. The second-order valence-corrected chi connectivity index (χ2v) is 7.14. The third-order valence-corrected chi connectivity index (χ3v) is 4.98. The molecular formula is C21H24ClFN2O3. The smallest absolute Gasteiger partial charge is 0.258 e. The van der Waals surface area contributed by atoms with Crippen molar-refractivity contribution in [1.82, 2.24) is 10.2 Å². The van der Waals surface area contributed by atoms with E-state index in [-0.39, 0.29) is 37.0 Å². The summed E-state index contributed by atoms with van der Waals surface area (Å²) in [5.41, 5.74) is 0.391. The molecule has 0 spiro atoms. The van der Waals surface area contributed by atoms with E-state index in [0.717, 1.165) is 0 Å². The van der Waals surface area contributed by atoms with Crippen molar-refractivity contribution in [3.05, 3.63) is 64.9 Å². The zero-order chi connectivity index (χ0) is 19.9. The van der Waals surface area contributed by atoms with E-state index in [1.54, 1.807) is 24.3 Å². The molecule has 0 aromatic heterocycles. The summed E-state index contributed by atoms with van der Waals surface area (Å²) in [6, 6.07) is 13.3. The fourth-order valence-corrected chi connectivity index (χ4v) is 3.59. The van der Waals surface area contributed by atoms with Gasteiger partial charge in [-0.3, -0.25) is 9.69 Å². The molecule has 1 amide bonds. The Morgan fingerprint density at radius 2 is 2.11 bits per heavy atom. The van der Waals surface area contributed by atoms with Crippen LogP contribution < -0.4 is 10.1 Å². The molecule has 0 radical (unpaired) electrons. The van der Waals surface area contributed by atoms with E-state index < -0.39 is 0 Å². The summed E-state index contributed by atoms with van der Waals surface area (Å²) in [5.74, 6) is -0.0394. The third kappa shape index (κ3) is 5.44. The lowest BCUT2D eigenvalue weighted by atomic mass is 10.0. The van der Waals surface area contributed by atoms with Crippen LogP contribution in [0.5, 0.6) is 5.75 Å². The quantitative estimate of drug-likeness (QED) is 0.765. The summed E-state index contributed by atoms with van der Waals surface area (Å²) in [6.07, 6.45) is 0.0268. The van der Waals surface area contributed by atoms with E-state index >= 15 is 0 Å². The minimum atomic E-state index is -0.388. The number of morpholine rings is 1. The van der Waals surface area contributed by atoms with Gasteiger partial charge in [0.1, 0.15) is 11.6 Å². The van der Waals surface area contributed by atoms with Gasteiger partial charge in [0.15, 0.2) is 6.61 Å². The standard InChI is InChI=1S/C21H24ClFN2O3/c1-15-13-25(10-11-27-15)19(21-17(22)8-5-9-18(21)23)12-24-20(26)14-28-16-6-3-2-4-7-16/h2-9,15,19H,10-14H2,1H3,(H,24,26)/t15-,19-/m0/s1. The fourth-order valence-electron chi connectivity index (χ4n) is 3.30. The second-order valence-electron chi connectivity index (χ2n) is 6.73. The molecule has 0 saturated carbocycles. The Morgan fingerprint density at radius 3 is 2.82 bits per heavy atom. The molecule has 2 atom stereocenters. The zero-order valence-electron chi connectivity index (χ0n) is 15.7. The Labute approximate surface area is 169 Å². The van der Waals surface area contributed by atoms with Crippen molar-refractivity contribution in [1.29, 1.82) is 0 Å². The summed E-state index contributed by atoms with van der Waals surface area (Å²) in [7, 11) is 0. The molecule has 1 fully saturated rings. The Hall–Kier alpha value is -2.15. The van der Waals surface area contributed by atoms with Crippen LogP contribution in [0, 0.1) is 5.82 Å². The van der Waals surface area contributed by atoms with Gasteiger partial charge in [0.05, 0.1) is 18.8 Å². The number of para-hydroxylation sites is 1. The Morgan fingerprint density at radius 1 is 1.32 bits per heavy atom. The number of carbonyl (C=O) groups excluding carboxylic acids is 1. The van der Waals surface area contributed by atoms with Crippen molar-refractivity contribution in [2.24, 2.45) is 0 Å². The average molecular weight is 407 g/mol. The van der Waals surface area contributed by atoms with E-state index in [1.165, 1.54) is 6.07 Å². The van der Waals surface area contributed by atoms with Crippen LogP contribution >= 0.6 is 11.6 Å². The lowest BCUT2D eigenvalue weighted by molar-refractivity contribution is -0.123. The van der Waals surface area contributed by atoms with Crippen LogP contribution in [-0.4, -0.2) is 49.8 Å². The summed E-state index contributed by atoms with van der Waals surface area (Å²) in [5, 5.41) is 3.19. The number of carbonyl (C=O) groups is 1. The van der Waals surface area contributed by atoms with Crippen LogP contribution in [0.25, 0.3) is 0 Å². The SMILES string of the molecule is C[C@H]1CN([C@@H](CNC(=O)COc2ccccc2)c2c(F)cccc2Cl)CCO1. The molecular weight excluding hydrogens is 383 g/mol. The van der Waals surface area contributed by atoms with Crippen LogP contribution in [0.1, 0.15) is 18.5 Å². The maximum atomic E-state index is 14.6. The van der Waals surface area contributed by atoms with Crippen molar-refractivity contribution < 1.29 is 18.7 Å². The van der Waals surface area contributed by atoms with Crippen LogP contribution in [0.3, 0.4) is 0 Å². The minimum absolute atomic E-state index is 0.0268. The topological polar surface area (TPSA) is 50.8 Å². The number of ether oxygens (including phenoxy) is 2. The summed E-state index contributed by atoms with van der Waals surface area (Å²) < 4.78 is 25.6. The van der Waals surface area contributed by atoms with Crippen molar-refractivity contribution in [3.8, 4) is 5.75 Å². The van der Waals surface area contributed by atoms with Gasteiger partial charge >= 0.3 is 0 Å². The minimum Gasteiger partial charge on any atom is -0.484 e. The summed E-state index contributed by atoms with van der Waals surface area (Å²) in [6.45, 7) is 3.90. The first kappa shape index (κ1) is 20.6. The first-order chi connectivity index (χ1) is 13.5. The molecule has 5 nitrogen and oxygen atoms in total. The molecule has 0 aliphatic carbocycles. The van der Waals surface area contributed by atoms with Gasteiger partial charge in [-0.25, -0.2) is 4.39 Å². The summed E-state index contributed by atoms with van der Waals surface area (Å²) in [4.78, 5) is 14.4. The number of nitrogens with zero attached hydrogens (tertiary/aromatic N) is 1. The maximum Gasteiger partial charge on any atom is 0.258 e. The predicted molar refractivity (Wildman–Crippen MR) is 106 cm³/mol. The van der Waals surface area contributed by atoms with Gasteiger partial charge < -0.3 is 14.8 Å². The van der Waals surface area contributed by atoms with Gasteiger partial charge in [-0.05, 0) is 31.2 Å². The van der Waals surface area contributed by atoms with Gasteiger partial charge in [0.2, 0.25) is 0 Å². The third-order valence-electron chi connectivity index (χ3n) is 4.65. The molecule has 1 aliphatic heterocycles. The number of halogens is 2. The Bertz CT molecular complexity index is 770. The molecule has 2 aromatic carbocycles. The van der Waals surface area contributed by atoms with Gasteiger partial charge in [-0.15, -0.1) is 0 Å². The fraction of sp³-hybridized carbons (Fsp3) is 0.381. The van der Waals surface area contributed by atoms with Crippen molar-refractivity contribution >= 4 is 17.5 Å². The molecule has 28 heavy (non-hydrogen) atoms. The van der Waals surface area contributed by atoms with Crippen molar-refractivity contribution in [3.63, 3.8) is 0 Å². The van der Waals surface area contributed by atoms with E-state index in [0.29, 0.717) is 36.0 Å². The number of hydrogen-bond acceptors (Lipinski definition) is 4. The molecule has 2 aromatic rings. The van der Waals surface area contributed by atoms with Gasteiger partial charge in [0, 0.05) is 30.2 Å². The highest BCUT2D eigenvalue weighted by Crippen LogP contribution is 2.31. The number of rotatable bonds is 7. The van der Waals surface area contributed by atoms with Crippen LogP contribution in [0.15, 0.2) is 48.5 Å². The largest absolute Gasteiger partial charge is 0.484 e. The van der Waals surface area contributed by atoms with E-state index in [1.807, 2.05) is 25.1 Å². The molecule has 1 N–H and O–H groups in total. The number of hydrogen-bond donors (Lipinski definition) is 1. The molecule has 1 heterocycles. The lowest BCUT2D eigenvalue weighted by Crippen LogP contribution is -2.47. The Balaban J connectivity index is 1.68. The molecule has 7 heteroatoms. The number of amides is 1. The van der Waals surface area contributed by atoms with Gasteiger partial charge in [0.25, 0.3) is 5.91 Å². The van der Waals surface area contributed by atoms with Crippen LogP contribution in [0.2, 0.25) is 5.02 Å². The highest BCUT2D eigenvalue weighted by Gasteiger charge is 2.29. The maximum absolute atomic E-state index is 14.6. The lowest BCUT2D eigenvalue weighted by Gasteiger charge is -2.38. The van der Waals surface area contributed by atoms with Crippen molar-refractivity contribution in [2.75, 3.05) is 32.8 Å². The van der Waals surface area contributed by atoms with Crippen molar-refractivity contribution in [2.45, 2.75) is 19.1 Å². The van der Waals surface area contributed by atoms with Gasteiger partial charge in [-0.1, -0.05) is 35.9 Å². The van der Waals surface area contributed by atoms with Crippen LogP contribution in [-0.2, 0) is 9.53 Å². The molecule has 1 aliphatic rings. The number of benzene rings is 2. The Kier molecular flexibility index (Phi) is 7.25. The zero-order valence-corrected chi connectivity index (χ0v) is 16.5. The summed E-state index contributed by atoms with van der Waals surface area (Å²) >= 11 is 6.30. The molecule has 150 valence electrons. The number of nitrogens with one attached hydrogen (secondary N) is 1. The van der Waals surface area contributed by atoms with E-state index in [4.69, 9.17) is 21.1 Å². The average Bonchev–Trinajstić information content (AvgIpc) is 2.69. The van der Waals surface area contributed by atoms with Gasteiger partial charge in [-0.2, -0.15) is 0 Å². The molecule has 1 saturated heterocycles. The molecule has 0 unspecified atom stereocenters. The predicted octanol–water partition coefficient (Wildman–Crippen LogP) is 3.44. The second kappa shape index (κ2) is 9.87. The normalized spacial score (nSPS) is 18.5. The molecule has 3 rings (SSSR count). The highest BCUT2D eigenvalue weighted by atomic mass is 35.5. The highest BCUT2D eigenvalue weighted by molar-refractivity contribution is 6.31. The van der Waals surface area contributed by atoms with Crippen LogP contribution in [0.4, 0.5) is 4.39 Å². The van der Waals surface area contributed by atoms with E-state index in [9.17, 15) is 9.18 Å².